The highest BCUT2D eigenvalue weighted by Crippen LogP contribution is 1.80. The third-order valence-corrected chi connectivity index (χ3v) is 1.07. The average molecular weight is 190 g/mol. The molecular formula is C7H14N2O4. The smallest absolute Gasteiger partial charge is 0.407 e. The summed E-state index contributed by atoms with van der Waals surface area (Å²) in [7, 11) is 1.45. The lowest BCUT2D eigenvalue weighted by Gasteiger charge is -2.05. The van der Waals surface area contributed by atoms with Crippen molar-refractivity contribution in [1.82, 2.24) is 10.6 Å². The second-order valence-electron chi connectivity index (χ2n) is 2.05. The number of hydrogen-bond donors (Lipinski definition) is 2. The van der Waals surface area contributed by atoms with Gasteiger partial charge in [0, 0.05) is 13.6 Å². The molecule has 0 saturated carbocycles. The molecule has 76 valence electrons. The molecule has 0 aromatic carbocycles. The minimum atomic E-state index is -0.542. The Labute approximate surface area is 76.6 Å². The van der Waals surface area contributed by atoms with E-state index in [1.807, 2.05) is 0 Å². The first kappa shape index (κ1) is 11.5. The van der Waals surface area contributed by atoms with Crippen LogP contribution in [-0.2, 0) is 9.47 Å². The second-order valence-corrected chi connectivity index (χ2v) is 2.05. The molecule has 0 rings (SSSR count). The summed E-state index contributed by atoms with van der Waals surface area (Å²) in [6, 6.07) is 0. The van der Waals surface area contributed by atoms with Crippen LogP contribution in [0.25, 0.3) is 0 Å². The van der Waals surface area contributed by atoms with Gasteiger partial charge in [-0.15, -0.1) is 0 Å². The van der Waals surface area contributed by atoms with E-state index in [2.05, 4.69) is 20.1 Å². The topological polar surface area (TPSA) is 76.7 Å². The summed E-state index contributed by atoms with van der Waals surface area (Å²) < 4.78 is 9.19. The summed E-state index contributed by atoms with van der Waals surface area (Å²) in [5.74, 6) is 0. The monoisotopic (exact) mass is 190 g/mol. The molecule has 6 heteroatoms. The van der Waals surface area contributed by atoms with Gasteiger partial charge in [-0.3, -0.25) is 0 Å². The Morgan fingerprint density at radius 3 is 2.15 bits per heavy atom. The van der Waals surface area contributed by atoms with E-state index in [0.29, 0.717) is 6.54 Å². The van der Waals surface area contributed by atoms with Crippen LogP contribution in [0.2, 0.25) is 0 Å². The van der Waals surface area contributed by atoms with Crippen molar-refractivity contribution in [2.45, 2.75) is 6.92 Å². The summed E-state index contributed by atoms with van der Waals surface area (Å²) in [4.78, 5) is 21.2. The van der Waals surface area contributed by atoms with E-state index in [1.54, 1.807) is 6.92 Å². The summed E-state index contributed by atoms with van der Waals surface area (Å²) in [5.41, 5.74) is 0. The summed E-state index contributed by atoms with van der Waals surface area (Å²) in [6.45, 7) is 2.40. The minimum absolute atomic E-state index is 0.0524. The van der Waals surface area contributed by atoms with Crippen LogP contribution in [0.4, 0.5) is 9.59 Å². The first-order chi connectivity index (χ1) is 6.20. The number of alkyl carbamates (subject to hydrolysis) is 2. The maximum absolute atomic E-state index is 10.7. The molecule has 6 nitrogen and oxygen atoms in total. The molecule has 13 heavy (non-hydrogen) atoms. The number of amides is 2. The lowest BCUT2D eigenvalue weighted by molar-refractivity contribution is 0.0969. The molecule has 0 aliphatic heterocycles. The van der Waals surface area contributed by atoms with E-state index in [9.17, 15) is 9.59 Å². The van der Waals surface area contributed by atoms with Crippen molar-refractivity contribution in [2.75, 3.05) is 26.8 Å². The summed E-state index contributed by atoms with van der Waals surface area (Å²) in [6.07, 6.45) is -1.05. The third-order valence-electron chi connectivity index (χ3n) is 1.07. The van der Waals surface area contributed by atoms with Gasteiger partial charge in [0.1, 0.15) is 13.2 Å². The maximum Gasteiger partial charge on any atom is 0.407 e. The van der Waals surface area contributed by atoms with Gasteiger partial charge in [0.2, 0.25) is 0 Å². The molecule has 0 bridgehead atoms. The van der Waals surface area contributed by atoms with Gasteiger partial charge in [-0.2, -0.15) is 0 Å². The average Bonchev–Trinajstić information content (AvgIpc) is 2.12. The molecule has 0 aromatic rings. The normalized spacial score (nSPS) is 8.77. The van der Waals surface area contributed by atoms with Crippen molar-refractivity contribution in [1.29, 1.82) is 0 Å². The van der Waals surface area contributed by atoms with Crippen LogP contribution in [0, 0.1) is 0 Å². The number of rotatable bonds is 4. The minimum Gasteiger partial charge on any atom is -0.446 e. The molecular weight excluding hydrogens is 176 g/mol. The molecule has 2 N–H and O–H groups in total. The highest BCUT2D eigenvalue weighted by atomic mass is 16.6. The Morgan fingerprint density at radius 1 is 1.15 bits per heavy atom. The molecule has 0 heterocycles. The van der Waals surface area contributed by atoms with Gasteiger partial charge in [0.05, 0.1) is 0 Å². The van der Waals surface area contributed by atoms with E-state index >= 15 is 0 Å². The Kier molecular flexibility index (Phi) is 6.39. The highest BCUT2D eigenvalue weighted by molar-refractivity contribution is 5.67. The zero-order valence-electron chi connectivity index (χ0n) is 7.75. The molecule has 0 spiro atoms. The zero-order chi connectivity index (χ0) is 10.1. The van der Waals surface area contributed by atoms with Crippen LogP contribution in [0.5, 0.6) is 0 Å². The molecule has 0 radical (unpaired) electrons. The molecule has 0 aliphatic carbocycles. The largest absolute Gasteiger partial charge is 0.446 e. The van der Waals surface area contributed by atoms with Crippen molar-refractivity contribution in [3.8, 4) is 0 Å². The van der Waals surface area contributed by atoms with Crippen LogP contribution in [0.1, 0.15) is 6.92 Å². The van der Waals surface area contributed by atoms with E-state index < -0.39 is 12.2 Å². The lowest BCUT2D eigenvalue weighted by atomic mass is 10.7. The molecule has 0 unspecified atom stereocenters. The van der Waals surface area contributed by atoms with E-state index in [0.717, 1.165) is 0 Å². The molecule has 2 amide bonds. The zero-order valence-corrected chi connectivity index (χ0v) is 7.75. The Hall–Kier alpha value is -1.46. The van der Waals surface area contributed by atoms with Crippen LogP contribution in [-0.4, -0.2) is 39.0 Å². The van der Waals surface area contributed by atoms with Gasteiger partial charge in [0.15, 0.2) is 0 Å². The fourth-order valence-electron chi connectivity index (χ4n) is 0.536. The highest BCUT2D eigenvalue weighted by Gasteiger charge is 2.00. The standard InChI is InChI=1S/C7H14N2O4/c1-3-9-7(11)13-5-4-12-6(10)8-2/h3-5H2,1-2H3,(H,8,10)(H,9,11). The first-order valence-corrected chi connectivity index (χ1v) is 3.95. The third kappa shape index (κ3) is 6.92. The van der Waals surface area contributed by atoms with Gasteiger partial charge in [-0.1, -0.05) is 0 Å². The van der Waals surface area contributed by atoms with E-state index in [4.69, 9.17) is 0 Å². The van der Waals surface area contributed by atoms with Crippen molar-refractivity contribution < 1.29 is 19.1 Å². The SMILES string of the molecule is CCNC(=O)OCCOC(=O)NC. The Balaban J connectivity index is 3.25. The fourth-order valence-corrected chi connectivity index (χ4v) is 0.536. The van der Waals surface area contributed by atoms with Gasteiger partial charge in [0.25, 0.3) is 0 Å². The summed E-state index contributed by atoms with van der Waals surface area (Å²) in [5, 5.41) is 4.69. The van der Waals surface area contributed by atoms with Crippen molar-refractivity contribution >= 4 is 12.2 Å². The predicted octanol–water partition coefficient (Wildman–Crippen LogP) is 0.0885. The van der Waals surface area contributed by atoms with Gasteiger partial charge < -0.3 is 20.1 Å². The first-order valence-electron chi connectivity index (χ1n) is 3.95. The summed E-state index contributed by atoms with van der Waals surface area (Å²) >= 11 is 0. The molecule has 0 saturated heterocycles. The molecule has 0 fully saturated rings. The molecule has 0 atom stereocenters. The van der Waals surface area contributed by atoms with Crippen LogP contribution in [0.3, 0.4) is 0 Å². The van der Waals surface area contributed by atoms with Crippen molar-refractivity contribution in [3.05, 3.63) is 0 Å². The van der Waals surface area contributed by atoms with Crippen LogP contribution < -0.4 is 10.6 Å². The quantitative estimate of drug-likeness (QED) is 0.616. The van der Waals surface area contributed by atoms with Crippen molar-refractivity contribution in [3.63, 3.8) is 0 Å². The fraction of sp³-hybridized carbons (Fsp3) is 0.714. The van der Waals surface area contributed by atoms with E-state index in [1.165, 1.54) is 7.05 Å². The number of carbonyl (C=O) groups is 2. The second kappa shape index (κ2) is 7.20. The van der Waals surface area contributed by atoms with E-state index in [-0.39, 0.29) is 13.2 Å². The van der Waals surface area contributed by atoms with Crippen molar-refractivity contribution in [2.24, 2.45) is 0 Å². The van der Waals surface area contributed by atoms with Crippen LogP contribution in [0.15, 0.2) is 0 Å². The number of nitrogens with one attached hydrogen (secondary N) is 2. The van der Waals surface area contributed by atoms with Gasteiger partial charge in [-0.05, 0) is 6.92 Å². The van der Waals surface area contributed by atoms with Gasteiger partial charge in [-0.25, -0.2) is 9.59 Å². The number of carbonyl (C=O) groups excluding carboxylic acids is 2. The number of ether oxygens (including phenoxy) is 2. The lowest BCUT2D eigenvalue weighted by Crippen LogP contribution is -2.26. The predicted molar refractivity (Wildman–Crippen MR) is 45.4 cm³/mol. The maximum atomic E-state index is 10.7. The van der Waals surface area contributed by atoms with Gasteiger partial charge >= 0.3 is 12.2 Å². The molecule has 0 aromatic heterocycles. The Morgan fingerprint density at radius 2 is 1.69 bits per heavy atom. The Bertz CT molecular complexity index is 172. The van der Waals surface area contributed by atoms with Crippen LogP contribution >= 0.6 is 0 Å². The number of hydrogen-bond acceptors (Lipinski definition) is 4. The molecule has 0 aliphatic rings.